The second-order valence-corrected chi connectivity index (χ2v) is 8.85. The van der Waals surface area contributed by atoms with Crippen LogP contribution in [0, 0.1) is 10.8 Å². The van der Waals surface area contributed by atoms with Crippen molar-refractivity contribution in [3.05, 3.63) is 0 Å². The van der Waals surface area contributed by atoms with Gasteiger partial charge >= 0.3 is 0 Å². The van der Waals surface area contributed by atoms with Gasteiger partial charge in [0.2, 0.25) is 11.6 Å². The molecule has 1 heterocycles. The highest BCUT2D eigenvalue weighted by Gasteiger charge is 2.66. The van der Waals surface area contributed by atoms with Gasteiger partial charge in [-0.2, -0.15) is 0 Å². The Kier molecular flexibility index (Phi) is 3.92. The van der Waals surface area contributed by atoms with E-state index in [0.29, 0.717) is 0 Å². The maximum atomic E-state index is 6.66. The van der Waals surface area contributed by atoms with Gasteiger partial charge in [-0.3, -0.25) is 0 Å². The normalized spacial score (nSPS) is 46.6. The fourth-order valence-corrected chi connectivity index (χ4v) is 5.35. The molecule has 3 fully saturated rings. The van der Waals surface area contributed by atoms with Crippen LogP contribution >= 0.6 is 0 Å². The first-order valence-corrected chi connectivity index (χ1v) is 8.65. The van der Waals surface area contributed by atoms with Gasteiger partial charge < -0.3 is 18.9 Å². The molecular weight excluding hydrogens is 280 g/mol. The fraction of sp³-hybridized carbons (Fsp3) is 1.00. The Morgan fingerprint density at radius 3 is 1.95 bits per heavy atom. The Morgan fingerprint density at radius 1 is 0.864 bits per heavy atom. The lowest BCUT2D eigenvalue weighted by Crippen LogP contribution is -2.72. The summed E-state index contributed by atoms with van der Waals surface area (Å²) >= 11 is 0. The van der Waals surface area contributed by atoms with Gasteiger partial charge in [0.1, 0.15) is 0 Å². The van der Waals surface area contributed by atoms with Crippen LogP contribution in [-0.2, 0) is 18.9 Å². The number of methoxy groups -OCH3 is 2. The van der Waals surface area contributed by atoms with E-state index in [-0.39, 0.29) is 23.0 Å². The molecule has 22 heavy (non-hydrogen) atoms. The minimum atomic E-state index is -0.764. The van der Waals surface area contributed by atoms with Crippen LogP contribution in [0.4, 0.5) is 0 Å². The average Bonchev–Trinajstić information content (AvgIpc) is 2.43. The third kappa shape index (κ3) is 2.34. The van der Waals surface area contributed by atoms with E-state index in [0.717, 1.165) is 38.5 Å². The Bertz CT molecular complexity index is 433. The van der Waals surface area contributed by atoms with E-state index in [2.05, 4.69) is 27.7 Å². The molecule has 2 aliphatic carbocycles. The van der Waals surface area contributed by atoms with Crippen molar-refractivity contribution in [1.29, 1.82) is 0 Å². The van der Waals surface area contributed by atoms with Gasteiger partial charge in [-0.15, -0.1) is 0 Å². The number of fused-ring (bicyclic) bond motifs is 2. The predicted octanol–water partition coefficient (Wildman–Crippen LogP) is 3.88. The van der Waals surface area contributed by atoms with Gasteiger partial charge in [0.05, 0.1) is 12.2 Å². The second kappa shape index (κ2) is 5.17. The molecule has 4 atom stereocenters. The summed E-state index contributed by atoms with van der Waals surface area (Å²) in [5.74, 6) is -1.52. The van der Waals surface area contributed by atoms with Crippen LogP contribution in [0.15, 0.2) is 0 Å². The molecule has 0 radical (unpaired) electrons. The summed E-state index contributed by atoms with van der Waals surface area (Å²) in [4.78, 5) is 0. The zero-order chi connectivity index (χ0) is 16.2. The number of hydrogen-bond donors (Lipinski definition) is 0. The molecule has 3 aliphatic rings. The first kappa shape index (κ1) is 16.7. The maximum Gasteiger partial charge on any atom is 0.223 e. The van der Waals surface area contributed by atoms with Gasteiger partial charge in [-0.1, -0.05) is 27.7 Å². The number of rotatable bonds is 2. The lowest BCUT2D eigenvalue weighted by molar-refractivity contribution is -0.483. The summed E-state index contributed by atoms with van der Waals surface area (Å²) in [6.45, 7) is 9.24. The molecular formula is C18H32O4. The summed E-state index contributed by atoms with van der Waals surface area (Å²) in [6, 6.07) is 0. The third-order valence-corrected chi connectivity index (χ3v) is 5.96. The minimum Gasteiger partial charge on any atom is -0.349 e. The van der Waals surface area contributed by atoms with Crippen molar-refractivity contribution in [2.45, 2.75) is 90.0 Å². The molecule has 0 N–H and O–H groups in total. The van der Waals surface area contributed by atoms with E-state index >= 15 is 0 Å². The van der Waals surface area contributed by atoms with Crippen molar-refractivity contribution in [3.63, 3.8) is 0 Å². The molecule has 4 heteroatoms. The summed E-state index contributed by atoms with van der Waals surface area (Å²) in [7, 11) is 3.45. The largest absolute Gasteiger partial charge is 0.349 e. The quantitative estimate of drug-likeness (QED) is 0.775. The van der Waals surface area contributed by atoms with E-state index in [1.807, 2.05) is 0 Å². The summed E-state index contributed by atoms with van der Waals surface area (Å²) in [5.41, 5.74) is 0.319. The van der Waals surface area contributed by atoms with Crippen molar-refractivity contribution in [2.75, 3.05) is 14.2 Å². The molecule has 0 spiro atoms. The zero-order valence-corrected chi connectivity index (χ0v) is 15.0. The number of ether oxygens (including phenoxy) is 4. The Labute approximate surface area is 134 Å². The van der Waals surface area contributed by atoms with E-state index in [1.54, 1.807) is 14.2 Å². The maximum absolute atomic E-state index is 6.66. The van der Waals surface area contributed by atoms with Crippen LogP contribution in [0.5, 0.6) is 0 Å². The monoisotopic (exact) mass is 312 g/mol. The highest BCUT2D eigenvalue weighted by atomic mass is 16.8. The van der Waals surface area contributed by atoms with Crippen LogP contribution in [-0.4, -0.2) is 38.0 Å². The highest BCUT2D eigenvalue weighted by Crippen LogP contribution is 2.57. The first-order valence-electron chi connectivity index (χ1n) is 8.65. The van der Waals surface area contributed by atoms with Crippen molar-refractivity contribution in [2.24, 2.45) is 10.8 Å². The van der Waals surface area contributed by atoms with E-state index in [9.17, 15) is 0 Å². The topological polar surface area (TPSA) is 36.9 Å². The van der Waals surface area contributed by atoms with Gasteiger partial charge in [0, 0.05) is 27.1 Å². The van der Waals surface area contributed by atoms with E-state index < -0.39 is 11.6 Å². The molecule has 2 saturated carbocycles. The standard InChI is InChI=1S/C18H32O4/c1-15(2)11-13-14(16(3,4)12-15)22-18(20-6)10-8-7-9-17(18,19-5)21-13/h13-14H,7-12H2,1-6H3. The van der Waals surface area contributed by atoms with Crippen LogP contribution in [0.25, 0.3) is 0 Å². The molecule has 128 valence electrons. The van der Waals surface area contributed by atoms with Gasteiger partial charge in [0.15, 0.2) is 0 Å². The second-order valence-electron chi connectivity index (χ2n) is 8.85. The van der Waals surface area contributed by atoms with Crippen molar-refractivity contribution < 1.29 is 18.9 Å². The highest BCUT2D eigenvalue weighted by molar-refractivity contribution is 5.05. The lowest BCUT2D eigenvalue weighted by Gasteiger charge is -2.62. The van der Waals surface area contributed by atoms with Crippen LogP contribution in [0.2, 0.25) is 0 Å². The van der Waals surface area contributed by atoms with Crippen molar-refractivity contribution in [1.82, 2.24) is 0 Å². The molecule has 4 nitrogen and oxygen atoms in total. The third-order valence-electron chi connectivity index (χ3n) is 5.96. The van der Waals surface area contributed by atoms with Crippen molar-refractivity contribution >= 4 is 0 Å². The Hall–Kier alpha value is -0.160. The molecule has 0 amide bonds. The van der Waals surface area contributed by atoms with E-state index in [1.165, 1.54) is 0 Å². The summed E-state index contributed by atoms with van der Waals surface area (Å²) in [6.07, 6.45) is 6.11. The smallest absolute Gasteiger partial charge is 0.223 e. The number of hydrogen-bond acceptors (Lipinski definition) is 4. The first-order chi connectivity index (χ1) is 10.2. The van der Waals surface area contributed by atoms with Gasteiger partial charge in [-0.05, 0) is 36.5 Å². The molecule has 1 saturated heterocycles. The van der Waals surface area contributed by atoms with Crippen LogP contribution < -0.4 is 0 Å². The Morgan fingerprint density at radius 2 is 1.41 bits per heavy atom. The fourth-order valence-electron chi connectivity index (χ4n) is 5.35. The van der Waals surface area contributed by atoms with E-state index in [4.69, 9.17) is 18.9 Å². The molecule has 4 unspecified atom stereocenters. The van der Waals surface area contributed by atoms with Crippen molar-refractivity contribution in [3.8, 4) is 0 Å². The molecule has 0 bridgehead atoms. The molecule has 0 aromatic heterocycles. The van der Waals surface area contributed by atoms with Gasteiger partial charge in [0.25, 0.3) is 0 Å². The van der Waals surface area contributed by atoms with Crippen LogP contribution in [0.1, 0.15) is 66.2 Å². The van der Waals surface area contributed by atoms with Gasteiger partial charge in [-0.25, -0.2) is 0 Å². The average molecular weight is 312 g/mol. The molecule has 3 rings (SSSR count). The molecule has 0 aromatic rings. The molecule has 0 aromatic carbocycles. The van der Waals surface area contributed by atoms with Crippen LogP contribution in [0.3, 0.4) is 0 Å². The minimum absolute atomic E-state index is 0.0573. The SMILES string of the molecule is COC12CCCCC1(OC)OC1C(CC(C)(C)CC1(C)C)O2. The lowest BCUT2D eigenvalue weighted by atomic mass is 9.62. The summed E-state index contributed by atoms with van der Waals surface area (Å²) in [5, 5.41) is 0. The predicted molar refractivity (Wildman–Crippen MR) is 84.5 cm³/mol. The summed E-state index contributed by atoms with van der Waals surface area (Å²) < 4.78 is 25.1. The zero-order valence-electron chi connectivity index (χ0n) is 15.0. The Balaban J connectivity index is 1.98. The molecule has 1 aliphatic heterocycles.